The molecule has 0 saturated carbocycles. The van der Waals surface area contributed by atoms with Crippen LogP contribution in [0, 0.1) is 0 Å². The van der Waals surface area contributed by atoms with Crippen molar-refractivity contribution in [3.8, 4) is 0 Å². The first kappa shape index (κ1) is 10.1. The van der Waals surface area contributed by atoms with Crippen LogP contribution >= 0.6 is 0 Å². The zero-order chi connectivity index (χ0) is 11.3. The van der Waals surface area contributed by atoms with E-state index in [0.717, 1.165) is 0 Å². The molecule has 0 N–H and O–H groups in total. The van der Waals surface area contributed by atoms with Crippen molar-refractivity contribution in [1.29, 1.82) is 0 Å². The van der Waals surface area contributed by atoms with E-state index >= 15 is 0 Å². The molecule has 0 radical (unpaired) electrons. The molecular weight excluding hydrogens is 328 g/mol. The van der Waals surface area contributed by atoms with Crippen LogP contribution in [0.15, 0.2) is 48.5 Å². The summed E-state index contributed by atoms with van der Waals surface area (Å²) in [5, 5.41) is 0. The first-order valence-corrected chi connectivity index (χ1v) is 9.91. The maximum atomic E-state index is 6.17. The van der Waals surface area contributed by atoms with Crippen molar-refractivity contribution in [2.75, 3.05) is 0 Å². The summed E-state index contributed by atoms with van der Waals surface area (Å²) < 4.78 is 15.0. The average Bonchev–Trinajstić information content (AvgIpc) is 2.95. The number of rotatable bonds is 0. The third kappa shape index (κ3) is 1.29. The van der Waals surface area contributed by atoms with E-state index in [9.17, 15) is 0 Å². The molecule has 0 aromatic heterocycles. The van der Waals surface area contributed by atoms with Crippen LogP contribution in [0.3, 0.4) is 0 Å². The summed E-state index contributed by atoms with van der Waals surface area (Å²) in [6.45, 7) is 1.43. The molecule has 2 heterocycles. The Morgan fingerprint density at radius 1 is 0.706 bits per heavy atom. The third-order valence-electron chi connectivity index (χ3n) is 3.29. The number of benzene rings is 2. The minimum atomic E-state index is -2.92. The molecular formula is C14H12O2Te. The van der Waals surface area contributed by atoms with Gasteiger partial charge in [0.25, 0.3) is 0 Å². The third-order valence-corrected chi connectivity index (χ3v) is 11.4. The van der Waals surface area contributed by atoms with Gasteiger partial charge in [0.2, 0.25) is 0 Å². The van der Waals surface area contributed by atoms with Crippen molar-refractivity contribution < 1.29 is 6.20 Å². The Hall–Kier alpha value is -0.850. The molecule has 2 aliphatic rings. The van der Waals surface area contributed by atoms with Gasteiger partial charge >= 0.3 is 105 Å². The van der Waals surface area contributed by atoms with Crippen molar-refractivity contribution in [2.24, 2.45) is 0 Å². The molecule has 2 aromatic carbocycles. The molecule has 0 atom stereocenters. The van der Waals surface area contributed by atoms with Gasteiger partial charge in [-0.1, -0.05) is 0 Å². The van der Waals surface area contributed by atoms with Gasteiger partial charge in [0.05, 0.1) is 0 Å². The van der Waals surface area contributed by atoms with Crippen molar-refractivity contribution in [2.45, 2.75) is 13.2 Å². The molecule has 17 heavy (non-hydrogen) atoms. The first-order chi connectivity index (χ1) is 8.40. The van der Waals surface area contributed by atoms with E-state index in [0.29, 0.717) is 13.2 Å². The molecule has 4 rings (SSSR count). The summed E-state index contributed by atoms with van der Waals surface area (Å²) in [5.41, 5.74) is 2.62. The van der Waals surface area contributed by atoms with Gasteiger partial charge in [-0.25, -0.2) is 0 Å². The van der Waals surface area contributed by atoms with Gasteiger partial charge < -0.3 is 0 Å². The van der Waals surface area contributed by atoms with Gasteiger partial charge in [0, 0.05) is 0 Å². The predicted octanol–water partition coefficient (Wildman–Crippen LogP) is 1.30. The van der Waals surface area contributed by atoms with Gasteiger partial charge in [-0.3, -0.25) is 0 Å². The molecule has 0 unspecified atom stereocenters. The Morgan fingerprint density at radius 3 is 1.71 bits per heavy atom. The van der Waals surface area contributed by atoms with E-state index in [-0.39, 0.29) is 0 Å². The summed E-state index contributed by atoms with van der Waals surface area (Å²) in [7, 11) is 0. The van der Waals surface area contributed by atoms with Gasteiger partial charge in [-0.05, 0) is 0 Å². The summed E-state index contributed by atoms with van der Waals surface area (Å²) in [6, 6.07) is 17.0. The number of fused-ring (bicyclic) bond motifs is 4. The Morgan fingerprint density at radius 2 is 1.18 bits per heavy atom. The molecule has 0 aliphatic carbocycles. The second-order valence-electron chi connectivity index (χ2n) is 4.24. The van der Waals surface area contributed by atoms with Crippen LogP contribution in [0.25, 0.3) is 0 Å². The standard InChI is InChI=1S/C14H12O2Te/c1-3-7-13-11(5-1)9-15-17(13)14-8-4-2-6-12(14)10-16-17/h1-8H,9-10H2. The van der Waals surface area contributed by atoms with Gasteiger partial charge in [-0.2, -0.15) is 0 Å². The predicted molar refractivity (Wildman–Crippen MR) is 67.5 cm³/mol. The molecule has 0 amide bonds. The fourth-order valence-corrected chi connectivity index (χ4v) is 10.6. The topological polar surface area (TPSA) is 18.5 Å². The fourth-order valence-electron chi connectivity index (χ4n) is 2.47. The van der Waals surface area contributed by atoms with Crippen LogP contribution < -0.4 is 7.22 Å². The van der Waals surface area contributed by atoms with Crippen LogP contribution in [0.5, 0.6) is 0 Å². The molecule has 2 nitrogen and oxygen atoms in total. The molecule has 0 fully saturated rings. The van der Waals surface area contributed by atoms with E-state index in [1.54, 1.807) is 0 Å². The van der Waals surface area contributed by atoms with Crippen molar-refractivity contribution in [1.82, 2.24) is 0 Å². The van der Waals surface area contributed by atoms with E-state index in [1.165, 1.54) is 18.3 Å². The van der Waals surface area contributed by atoms with Crippen molar-refractivity contribution >= 4 is 26.2 Å². The quantitative estimate of drug-likeness (QED) is 0.674. The first-order valence-electron chi connectivity index (χ1n) is 5.68. The summed E-state index contributed by atoms with van der Waals surface area (Å²) in [5.74, 6) is 0. The van der Waals surface area contributed by atoms with Crippen LogP contribution in [0.4, 0.5) is 0 Å². The van der Waals surface area contributed by atoms with E-state index in [1.807, 2.05) is 0 Å². The molecule has 86 valence electrons. The van der Waals surface area contributed by atoms with Crippen LogP contribution in [-0.4, -0.2) is 19.0 Å². The van der Waals surface area contributed by atoms with Crippen LogP contribution in [-0.2, 0) is 19.4 Å². The average molecular weight is 340 g/mol. The Kier molecular flexibility index (Phi) is 2.12. The maximum absolute atomic E-state index is 6.17. The normalized spacial score (nSPS) is 21.2. The van der Waals surface area contributed by atoms with Gasteiger partial charge in [0.15, 0.2) is 0 Å². The van der Waals surface area contributed by atoms with E-state index in [4.69, 9.17) is 6.20 Å². The Balaban J connectivity index is 1.97. The zero-order valence-corrected chi connectivity index (χ0v) is 11.6. The van der Waals surface area contributed by atoms with Crippen LogP contribution in [0.2, 0.25) is 0 Å². The van der Waals surface area contributed by atoms with E-state index < -0.39 is 19.0 Å². The molecule has 1 spiro atoms. The molecule has 0 saturated heterocycles. The number of hydrogen-bond donors (Lipinski definition) is 0. The zero-order valence-electron chi connectivity index (χ0n) is 9.26. The Labute approximate surface area is 105 Å². The minimum absolute atomic E-state index is 0.714. The molecule has 3 heteroatoms. The number of hydrogen-bond acceptors (Lipinski definition) is 2. The van der Waals surface area contributed by atoms with E-state index in [2.05, 4.69) is 48.5 Å². The second-order valence-corrected chi connectivity index (χ2v) is 11.0. The summed E-state index contributed by atoms with van der Waals surface area (Å²) in [4.78, 5) is 0. The molecule has 2 aliphatic heterocycles. The molecule has 2 aromatic rings. The SMILES string of the molecule is c1ccc2c(c1)CO[Te]21OCc2ccccc21. The summed E-state index contributed by atoms with van der Waals surface area (Å²) in [6.07, 6.45) is 0. The Bertz CT molecular complexity index is 541. The fraction of sp³-hybridized carbons (Fsp3) is 0.143. The second kappa shape index (κ2) is 3.57. The monoisotopic (exact) mass is 342 g/mol. The molecule has 0 bridgehead atoms. The van der Waals surface area contributed by atoms with Gasteiger partial charge in [-0.15, -0.1) is 0 Å². The van der Waals surface area contributed by atoms with Crippen molar-refractivity contribution in [3.63, 3.8) is 0 Å². The summed E-state index contributed by atoms with van der Waals surface area (Å²) >= 11 is -2.92. The van der Waals surface area contributed by atoms with Gasteiger partial charge in [0.1, 0.15) is 0 Å². The van der Waals surface area contributed by atoms with Crippen LogP contribution in [0.1, 0.15) is 11.1 Å². The van der Waals surface area contributed by atoms with Crippen molar-refractivity contribution in [3.05, 3.63) is 59.7 Å².